The minimum atomic E-state index is 0.179. The fourth-order valence-corrected chi connectivity index (χ4v) is 4.81. The van der Waals surface area contributed by atoms with E-state index in [2.05, 4.69) is 48.5 Å². The van der Waals surface area contributed by atoms with Gasteiger partial charge >= 0.3 is 0 Å². The Bertz CT molecular complexity index is 1150. The smallest absolute Gasteiger partial charge is 0.234 e. The van der Waals surface area contributed by atoms with E-state index in [1.807, 2.05) is 36.4 Å². The van der Waals surface area contributed by atoms with E-state index in [1.165, 1.54) is 4.91 Å². The zero-order valence-corrected chi connectivity index (χ0v) is 19.7. The van der Waals surface area contributed by atoms with Crippen molar-refractivity contribution in [2.75, 3.05) is 49.5 Å². The summed E-state index contributed by atoms with van der Waals surface area (Å²) in [7, 11) is 0. The Morgan fingerprint density at radius 1 is 1.06 bits per heavy atom. The molecule has 0 unspecified atom stereocenters. The number of benzene rings is 1. The average molecular weight is 477 g/mol. The Hall–Kier alpha value is -3.21. The van der Waals surface area contributed by atoms with E-state index in [-0.39, 0.29) is 6.61 Å². The maximum absolute atomic E-state index is 9.23. The highest BCUT2D eigenvalue weighted by atomic mass is 32.2. The molecule has 1 fully saturated rings. The number of nitrogens with one attached hydrogen (secondary N) is 2. The van der Waals surface area contributed by atoms with Crippen molar-refractivity contribution in [1.82, 2.24) is 30.0 Å². The first-order chi connectivity index (χ1) is 16.8. The third-order valence-electron chi connectivity index (χ3n) is 5.77. The first kappa shape index (κ1) is 22.6. The number of aromatic nitrogens is 5. The normalized spacial score (nSPS) is 16.5. The fraction of sp³-hybridized carbons (Fsp3) is 0.333. The van der Waals surface area contributed by atoms with E-state index in [0.717, 1.165) is 50.3 Å². The number of hydrogen-bond acceptors (Lipinski definition) is 9. The number of piperazine rings is 1. The number of allylic oxidation sites excluding steroid dienone is 4. The molecule has 1 aliphatic heterocycles. The van der Waals surface area contributed by atoms with E-state index in [0.29, 0.717) is 29.4 Å². The second-order valence-electron chi connectivity index (χ2n) is 8.15. The largest absolute Gasteiger partial charge is 0.395 e. The molecular weight excluding hydrogens is 448 g/mol. The van der Waals surface area contributed by atoms with Crippen LogP contribution in [0.25, 0.3) is 11.3 Å². The molecule has 2 aromatic heterocycles. The molecule has 0 spiro atoms. The van der Waals surface area contributed by atoms with Gasteiger partial charge in [-0.1, -0.05) is 60.3 Å². The maximum Gasteiger partial charge on any atom is 0.234 e. The molecule has 2 aliphatic rings. The van der Waals surface area contributed by atoms with Crippen molar-refractivity contribution in [2.24, 2.45) is 0 Å². The first-order valence-corrected chi connectivity index (χ1v) is 12.3. The number of H-pyrrole nitrogens is 1. The minimum Gasteiger partial charge on any atom is -0.395 e. The van der Waals surface area contributed by atoms with Crippen molar-refractivity contribution in [3.05, 3.63) is 59.5 Å². The average Bonchev–Trinajstić information content (AvgIpc) is 3.34. The van der Waals surface area contributed by atoms with E-state index < -0.39 is 0 Å². The highest BCUT2D eigenvalue weighted by Gasteiger charge is 2.21. The van der Waals surface area contributed by atoms with Crippen LogP contribution in [0.4, 0.5) is 17.7 Å². The number of aliphatic hydroxyl groups excluding tert-OH is 1. The zero-order chi connectivity index (χ0) is 23.2. The molecule has 0 amide bonds. The van der Waals surface area contributed by atoms with Gasteiger partial charge in [0.2, 0.25) is 11.9 Å². The van der Waals surface area contributed by atoms with Crippen LogP contribution in [0.5, 0.6) is 0 Å². The molecular formula is C24H28N8OS. The van der Waals surface area contributed by atoms with Gasteiger partial charge in [0.15, 0.2) is 11.0 Å². The van der Waals surface area contributed by atoms with Crippen molar-refractivity contribution in [3.8, 4) is 11.3 Å². The van der Waals surface area contributed by atoms with Crippen LogP contribution in [0.3, 0.4) is 0 Å². The number of β-amino-alcohol motifs (C(OH)–C–C–N with tert-alkyl or cyclic N) is 1. The molecule has 0 radical (unpaired) electrons. The lowest BCUT2D eigenvalue weighted by molar-refractivity contribution is 0.188. The fourth-order valence-electron chi connectivity index (χ4n) is 3.95. The number of rotatable bonds is 8. The van der Waals surface area contributed by atoms with Gasteiger partial charge in [-0.3, -0.25) is 10.00 Å². The summed E-state index contributed by atoms with van der Waals surface area (Å²) in [6.07, 6.45) is 8.40. The lowest BCUT2D eigenvalue weighted by atomic mass is 10.2. The van der Waals surface area contributed by atoms with Gasteiger partial charge in [0.1, 0.15) is 0 Å². The van der Waals surface area contributed by atoms with Crippen LogP contribution in [0, 0.1) is 0 Å². The number of nitrogens with zero attached hydrogens (tertiary/aromatic N) is 6. The zero-order valence-electron chi connectivity index (χ0n) is 18.9. The molecule has 3 N–H and O–H groups in total. The quantitative estimate of drug-likeness (QED) is 0.451. The first-order valence-electron chi connectivity index (χ1n) is 11.5. The molecule has 1 aliphatic carbocycles. The Kier molecular flexibility index (Phi) is 7.18. The molecule has 5 rings (SSSR count). The number of thioether (sulfide) groups is 1. The summed E-state index contributed by atoms with van der Waals surface area (Å²) in [5.41, 5.74) is 1.99. The third-order valence-corrected chi connectivity index (χ3v) is 6.74. The SMILES string of the molecule is OCCN1CCN(c2nc(Nc3cc(-c4ccccc4)[nH]n3)nc(SC3=CC=CCC3)n2)CC1. The summed E-state index contributed by atoms with van der Waals surface area (Å²) in [5, 5.41) is 20.6. The van der Waals surface area contributed by atoms with Crippen LogP contribution in [-0.2, 0) is 0 Å². The summed E-state index contributed by atoms with van der Waals surface area (Å²) < 4.78 is 0. The van der Waals surface area contributed by atoms with E-state index in [1.54, 1.807) is 11.8 Å². The number of aliphatic hydroxyl groups is 1. The van der Waals surface area contributed by atoms with Crippen molar-refractivity contribution in [3.63, 3.8) is 0 Å². The number of anilines is 3. The van der Waals surface area contributed by atoms with Gasteiger partial charge in [-0.25, -0.2) is 0 Å². The summed E-state index contributed by atoms with van der Waals surface area (Å²) in [6.45, 7) is 4.22. The molecule has 3 aromatic rings. The second kappa shape index (κ2) is 10.8. The summed E-state index contributed by atoms with van der Waals surface area (Å²) in [6, 6.07) is 12.0. The van der Waals surface area contributed by atoms with Crippen molar-refractivity contribution in [1.29, 1.82) is 0 Å². The van der Waals surface area contributed by atoms with Crippen molar-refractivity contribution < 1.29 is 5.11 Å². The summed E-state index contributed by atoms with van der Waals surface area (Å²) in [4.78, 5) is 19.9. The number of hydrogen-bond donors (Lipinski definition) is 3. The molecule has 176 valence electrons. The Morgan fingerprint density at radius 3 is 2.68 bits per heavy atom. The van der Waals surface area contributed by atoms with E-state index >= 15 is 0 Å². The molecule has 1 aromatic carbocycles. The lowest BCUT2D eigenvalue weighted by Crippen LogP contribution is -2.47. The molecule has 3 heterocycles. The minimum absolute atomic E-state index is 0.179. The topological polar surface area (TPSA) is 106 Å². The molecule has 10 heteroatoms. The highest BCUT2D eigenvalue weighted by molar-refractivity contribution is 8.02. The maximum atomic E-state index is 9.23. The van der Waals surface area contributed by atoms with Crippen LogP contribution in [0.1, 0.15) is 12.8 Å². The van der Waals surface area contributed by atoms with Gasteiger partial charge in [0.25, 0.3) is 0 Å². The Balaban J connectivity index is 1.38. The molecule has 34 heavy (non-hydrogen) atoms. The van der Waals surface area contributed by atoms with Crippen LogP contribution in [-0.4, -0.2) is 74.5 Å². The summed E-state index contributed by atoms with van der Waals surface area (Å²) >= 11 is 1.59. The van der Waals surface area contributed by atoms with E-state index in [9.17, 15) is 5.11 Å². The van der Waals surface area contributed by atoms with Gasteiger partial charge in [-0.15, -0.1) is 0 Å². The molecule has 9 nitrogen and oxygen atoms in total. The summed E-state index contributed by atoms with van der Waals surface area (Å²) in [5.74, 6) is 1.79. The van der Waals surface area contributed by atoms with Crippen molar-refractivity contribution in [2.45, 2.75) is 18.0 Å². The molecule has 0 saturated carbocycles. The predicted molar refractivity (Wildman–Crippen MR) is 135 cm³/mol. The van der Waals surface area contributed by atoms with E-state index in [4.69, 9.17) is 9.97 Å². The molecule has 0 atom stereocenters. The van der Waals surface area contributed by atoms with Crippen LogP contribution in [0.2, 0.25) is 0 Å². The van der Waals surface area contributed by atoms with Crippen LogP contribution >= 0.6 is 11.8 Å². The number of aromatic amines is 1. The van der Waals surface area contributed by atoms with Gasteiger partial charge in [-0.2, -0.15) is 20.1 Å². The lowest BCUT2D eigenvalue weighted by Gasteiger charge is -2.34. The monoisotopic (exact) mass is 476 g/mol. The van der Waals surface area contributed by atoms with Gasteiger partial charge in [-0.05, 0) is 23.3 Å². The second-order valence-corrected chi connectivity index (χ2v) is 9.25. The van der Waals surface area contributed by atoms with Gasteiger partial charge < -0.3 is 15.3 Å². The highest BCUT2D eigenvalue weighted by Crippen LogP contribution is 2.31. The molecule has 0 bridgehead atoms. The van der Waals surface area contributed by atoms with Gasteiger partial charge in [0, 0.05) is 38.8 Å². The Labute approximate surface area is 203 Å². The van der Waals surface area contributed by atoms with Gasteiger partial charge in [0.05, 0.1) is 12.3 Å². The third kappa shape index (κ3) is 5.64. The van der Waals surface area contributed by atoms with Crippen molar-refractivity contribution >= 4 is 29.5 Å². The standard InChI is InChI=1S/C24H28N8OS/c33-16-15-31-11-13-32(14-12-31)23-26-22(27-24(28-23)34-19-9-5-2-6-10-19)25-21-17-20(29-30-21)18-7-3-1-4-8-18/h1-5,7-9,17,33H,6,10-16H2,(H2,25,26,27,28,29,30). The predicted octanol–water partition coefficient (Wildman–Crippen LogP) is 3.45. The molecule has 1 saturated heterocycles. The van der Waals surface area contributed by atoms with Crippen LogP contribution in [0.15, 0.2) is 64.7 Å². The Morgan fingerprint density at radius 2 is 1.91 bits per heavy atom. The van der Waals surface area contributed by atoms with Crippen LogP contribution < -0.4 is 10.2 Å².